The van der Waals surface area contributed by atoms with Gasteiger partial charge in [-0.15, -0.1) is 0 Å². The van der Waals surface area contributed by atoms with Gasteiger partial charge in [0.05, 0.1) is 11.7 Å². The zero-order chi connectivity index (χ0) is 19.1. The summed E-state index contributed by atoms with van der Waals surface area (Å²) in [4.78, 5) is 6.98. The monoisotopic (exact) mass is 391 g/mol. The second-order valence-corrected chi connectivity index (χ2v) is 6.75. The van der Waals surface area contributed by atoms with Gasteiger partial charge in [0.25, 0.3) is 0 Å². The summed E-state index contributed by atoms with van der Waals surface area (Å²) in [5.74, 6) is 5.34. The number of H-pyrrole nitrogens is 1. The lowest BCUT2D eigenvalue weighted by atomic mass is 9.99. The Labute approximate surface area is 158 Å². The Hall–Kier alpha value is -2.43. The molecule has 0 amide bonds. The number of aliphatic hydroxyl groups excluding tert-OH is 3. The first-order valence-corrected chi connectivity index (χ1v) is 8.62. The lowest BCUT2D eigenvalue weighted by Gasteiger charge is -2.21. The Morgan fingerprint density at radius 2 is 1.96 bits per heavy atom. The maximum atomic E-state index is 10.6. The number of rotatable bonds is 3. The van der Waals surface area contributed by atoms with Crippen LogP contribution in [0.2, 0.25) is 5.02 Å². The molecule has 1 aliphatic heterocycles. The summed E-state index contributed by atoms with van der Waals surface area (Å²) in [6.45, 7) is 0. The summed E-state index contributed by atoms with van der Waals surface area (Å²) in [7, 11) is 0. The van der Waals surface area contributed by atoms with Gasteiger partial charge in [0.1, 0.15) is 30.1 Å². The molecule has 0 bridgehead atoms. The summed E-state index contributed by atoms with van der Waals surface area (Å²) in [5.41, 5.74) is 1.41. The Bertz CT molecular complexity index is 1020. The second kappa shape index (κ2) is 6.95. The Kier molecular flexibility index (Phi) is 4.62. The number of fused-ring (bicyclic) bond motifs is 1. The third kappa shape index (κ3) is 2.99. The number of aromatic nitrogens is 3. The van der Waals surface area contributed by atoms with Gasteiger partial charge in [-0.2, -0.15) is 5.10 Å². The Morgan fingerprint density at radius 1 is 1.22 bits per heavy atom. The molecule has 1 aromatic carbocycles. The SMILES string of the molecule is N/N=c1/nc[nH]c2c1ccn2[C@@H]1O[C@H]([C@H](O)c2ccc(Cl)cc2)[C@@H](O)[C@H]1O. The van der Waals surface area contributed by atoms with Crippen molar-refractivity contribution < 1.29 is 20.1 Å². The van der Waals surface area contributed by atoms with E-state index >= 15 is 0 Å². The number of hydrogen-bond acceptors (Lipinski definition) is 7. The van der Waals surface area contributed by atoms with Gasteiger partial charge >= 0.3 is 0 Å². The van der Waals surface area contributed by atoms with Crippen LogP contribution in [-0.2, 0) is 4.74 Å². The first-order valence-electron chi connectivity index (χ1n) is 8.24. The molecule has 1 aliphatic rings. The zero-order valence-electron chi connectivity index (χ0n) is 14.0. The van der Waals surface area contributed by atoms with Gasteiger partial charge in [0.15, 0.2) is 11.7 Å². The molecule has 3 aromatic rings. The molecule has 4 rings (SSSR count). The van der Waals surface area contributed by atoms with Gasteiger partial charge in [-0.25, -0.2) is 4.98 Å². The second-order valence-electron chi connectivity index (χ2n) is 6.31. The molecular weight excluding hydrogens is 374 g/mol. The largest absolute Gasteiger partial charge is 0.387 e. The van der Waals surface area contributed by atoms with Crippen LogP contribution in [0.3, 0.4) is 0 Å². The molecule has 0 aliphatic carbocycles. The average Bonchev–Trinajstić information content (AvgIpc) is 3.23. The van der Waals surface area contributed by atoms with Crippen LogP contribution in [0.25, 0.3) is 11.0 Å². The van der Waals surface area contributed by atoms with Crippen molar-refractivity contribution in [3.63, 3.8) is 0 Å². The standard InChI is InChI=1S/C17H18ClN5O4/c18-9-3-1-8(2-4-9)11(24)14-12(25)13(26)17(27-14)23-6-5-10-15(22-19)20-7-21-16(10)23/h1-7,11-14,17,24-26H,19H2,(H,20,21,22)/t11-,12+,13-,14-,17-/m1/s1. The molecule has 27 heavy (non-hydrogen) atoms. The molecule has 0 spiro atoms. The minimum absolute atomic E-state index is 0.327. The lowest BCUT2D eigenvalue weighted by molar-refractivity contribution is -0.0848. The van der Waals surface area contributed by atoms with Gasteiger partial charge in [-0.3, -0.25) is 0 Å². The van der Waals surface area contributed by atoms with Crippen molar-refractivity contribution >= 4 is 22.6 Å². The summed E-state index contributed by atoms with van der Waals surface area (Å²) >= 11 is 5.87. The molecule has 0 unspecified atom stereocenters. The van der Waals surface area contributed by atoms with Gasteiger partial charge in [-0.1, -0.05) is 23.7 Å². The number of nitrogens with one attached hydrogen (secondary N) is 1. The van der Waals surface area contributed by atoms with Gasteiger partial charge in [0.2, 0.25) is 0 Å². The third-order valence-electron chi connectivity index (χ3n) is 4.74. The van der Waals surface area contributed by atoms with Crippen LogP contribution in [0.1, 0.15) is 17.9 Å². The van der Waals surface area contributed by atoms with Crippen LogP contribution in [0.15, 0.2) is 48.0 Å². The van der Waals surface area contributed by atoms with E-state index in [4.69, 9.17) is 22.2 Å². The highest BCUT2D eigenvalue weighted by Gasteiger charge is 2.47. The van der Waals surface area contributed by atoms with Crippen molar-refractivity contribution in [1.82, 2.24) is 14.5 Å². The zero-order valence-corrected chi connectivity index (χ0v) is 14.7. The molecule has 6 N–H and O–H groups in total. The maximum Gasteiger partial charge on any atom is 0.183 e. The number of nitrogens with zero attached hydrogens (tertiary/aromatic N) is 3. The van der Waals surface area contributed by atoms with E-state index in [2.05, 4.69) is 15.1 Å². The fourth-order valence-electron chi connectivity index (χ4n) is 3.35. The molecule has 0 radical (unpaired) electrons. The fourth-order valence-corrected chi connectivity index (χ4v) is 3.47. The maximum absolute atomic E-state index is 10.6. The van der Waals surface area contributed by atoms with E-state index < -0.39 is 30.6 Å². The number of benzene rings is 1. The van der Waals surface area contributed by atoms with Crippen LogP contribution in [-0.4, -0.2) is 48.2 Å². The van der Waals surface area contributed by atoms with Crippen LogP contribution < -0.4 is 11.3 Å². The smallest absolute Gasteiger partial charge is 0.183 e. The fraction of sp³-hybridized carbons (Fsp3) is 0.294. The number of aliphatic hydroxyl groups is 3. The van der Waals surface area contributed by atoms with Gasteiger partial charge in [0, 0.05) is 11.2 Å². The summed E-state index contributed by atoms with van der Waals surface area (Å²) in [6.07, 6.45) is -2.56. The molecule has 5 atom stereocenters. The summed E-state index contributed by atoms with van der Waals surface area (Å²) in [6, 6.07) is 8.27. The predicted octanol–water partition coefficient (Wildman–Crippen LogP) is 0.145. The molecule has 1 saturated heterocycles. The minimum Gasteiger partial charge on any atom is -0.387 e. The van der Waals surface area contributed by atoms with Crippen molar-refractivity contribution in [3.8, 4) is 0 Å². The summed E-state index contributed by atoms with van der Waals surface area (Å²) in [5, 5.41) is 36.4. The van der Waals surface area contributed by atoms with Crippen LogP contribution in [0.4, 0.5) is 0 Å². The van der Waals surface area contributed by atoms with E-state index in [1.807, 2.05) is 0 Å². The first-order chi connectivity index (χ1) is 13.0. The molecular formula is C17H18ClN5O4. The van der Waals surface area contributed by atoms with Crippen LogP contribution in [0.5, 0.6) is 0 Å². The average molecular weight is 392 g/mol. The van der Waals surface area contributed by atoms with E-state index in [0.717, 1.165) is 0 Å². The highest BCUT2D eigenvalue weighted by molar-refractivity contribution is 6.30. The lowest BCUT2D eigenvalue weighted by Crippen LogP contribution is -2.34. The normalized spacial score (nSPS) is 27.3. The molecule has 10 heteroatoms. The van der Waals surface area contributed by atoms with E-state index in [-0.39, 0.29) is 0 Å². The van der Waals surface area contributed by atoms with E-state index in [9.17, 15) is 15.3 Å². The Morgan fingerprint density at radius 3 is 2.67 bits per heavy atom. The predicted molar refractivity (Wildman–Crippen MR) is 96.2 cm³/mol. The van der Waals surface area contributed by atoms with Crippen molar-refractivity contribution in [1.29, 1.82) is 0 Å². The number of halogens is 1. The molecule has 0 saturated carbocycles. The number of hydrogen-bond donors (Lipinski definition) is 5. The molecule has 2 aromatic heterocycles. The highest BCUT2D eigenvalue weighted by atomic mass is 35.5. The van der Waals surface area contributed by atoms with Gasteiger partial charge in [-0.05, 0) is 23.8 Å². The van der Waals surface area contributed by atoms with E-state index in [1.165, 1.54) is 6.33 Å². The number of aromatic amines is 1. The third-order valence-corrected chi connectivity index (χ3v) is 4.99. The summed E-state index contributed by atoms with van der Waals surface area (Å²) < 4.78 is 7.44. The molecule has 9 nitrogen and oxygen atoms in total. The molecule has 1 fully saturated rings. The van der Waals surface area contributed by atoms with Crippen LogP contribution >= 0.6 is 11.6 Å². The van der Waals surface area contributed by atoms with Crippen LogP contribution in [0, 0.1) is 0 Å². The van der Waals surface area contributed by atoms with Crippen molar-refractivity contribution in [3.05, 3.63) is 58.9 Å². The molecule has 142 valence electrons. The van der Waals surface area contributed by atoms with E-state index in [0.29, 0.717) is 27.1 Å². The quantitative estimate of drug-likeness (QED) is 0.317. The first kappa shape index (κ1) is 18.0. The number of nitrogens with two attached hydrogens (primary N) is 1. The number of ether oxygens (including phenoxy) is 1. The van der Waals surface area contributed by atoms with Gasteiger partial charge < -0.3 is 35.5 Å². The van der Waals surface area contributed by atoms with Crippen molar-refractivity contribution in [2.45, 2.75) is 30.6 Å². The van der Waals surface area contributed by atoms with E-state index in [1.54, 1.807) is 41.1 Å². The minimum atomic E-state index is -1.29. The van der Waals surface area contributed by atoms with Crippen molar-refractivity contribution in [2.75, 3.05) is 0 Å². The Balaban J connectivity index is 1.67. The van der Waals surface area contributed by atoms with Crippen molar-refractivity contribution in [2.24, 2.45) is 10.9 Å². The molecule has 3 heterocycles. The topological polar surface area (TPSA) is 142 Å². The highest BCUT2D eigenvalue weighted by Crippen LogP contribution is 2.37.